The molecule has 0 aliphatic rings. The van der Waals surface area contributed by atoms with E-state index in [1.54, 1.807) is 19.3 Å². The van der Waals surface area contributed by atoms with Crippen LogP contribution in [0.15, 0.2) is 21.5 Å². The Morgan fingerprint density at radius 2 is 2.36 bits per heavy atom. The van der Waals surface area contributed by atoms with Crippen molar-refractivity contribution >= 4 is 15.9 Å². The van der Waals surface area contributed by atoms with E-state index in [4.69, 9.17) is 5.73 Å². The predicted octanol–water partition coefficient (Wildman–Crippen LogP) is 0.607. The molecule has 1 heterocycles. The van der Waals surface area contributed by atoms with Gasteiger partial charge in [-0.3, -0.25) is 4.79 Å². The molecule has 0 unspecified atom stereocenters. The van der Waals surface area contributed by atoms with Gasteiger partial charge in [-0.15, -0.1) is 0 Å². The van der Waals surface area contributed by atoms with Gasteiger partial charge in [0.15, 0.2) is 0 Å². The zero-order valence-electron chi connectivity index (χ0n) is 6.17. The number of halogens is 1. The highest BCUT2D eigenvalue weighted by molar-refractivity contribution is 9.10. The van der Waals surface area contributed by atoms with Crippen molar-refractivity contribution in [2.45, 2.75) is 6.54 Å². The standard InChI is InChI=1S/C7H9BrN2O/c1-10-4-6(8)2-5(3-9)7(10)11/h2,4H,3,9H2,1H3. The monoisotopic (exact) mass is 216 g/mol. The Hall–Kier alpha value is -0.610. The van der Waals surface area contributed by atoms with E-state index >= 15 is 0 Å². The molecule has 0 aliphatic heterocycles. The van der Waals surface area contributed by atoms with Crippen LogP contribution in [0.4, 0.5) is 0 Å². The number of hydrogen-bond donors (Lipinski definition) is 1. The molecule has 0 saturated carbocycles. The fourth-order valence-corrected chi connectivity index (χ4v) is 1.47. The van der Waals surface area contributed by atoms with Gasteiger partial charge in [0.05, 0.1) is 0 Å². The molecule has 0 fully saturated rings. The first-order valence-electron chi connectivity index (χ1n) is 3.20. The smallest absolute Gasteiger partial charge is 0.254 e. The van der Waals surface area contributed by atoms with E-state index in [0.29, 0.717) is 5.56 Å². The van der Waals surface area contributed by atoms with Crippen molar-refractivity contribution in [2.24, 2.45) is 12.8 Å². The van der Waals surface area contributed by atoms with E-state index in [1.165, 1.54) is 4.57 Å². The molecular weight excluding hydrogens is 208 g/mol. The molecule has 11 heavy (non-hydrogen) atoms. The lowest BCUT2D eigenvalue weighted by atomic mass is 10.3. The Kier molecular flexibility index (Phi) is 2.46. The molecule has 0 radical (unpaired) electrons. The lowest BCUT2D eigenvalue weighted by Crippen LogP contribution is -2.22. The molecule has 0 atom stereocenters. The normalized spacial score (nSPS) is 10.1. The summed E-state index contributed by atoms with van der Waals surface area (Å²) in [6.45, 7) is 0.284. The Morgan fingerprint density at radius 1 is 1.73 bits per heavy atom. The Balaban J connectivity index is 3.37. The van der Waals surface area contributed by atoms with Crippen molar-refractivity contribution in [3.8, 4) is 0 Å². The van der Waals surface area contributed by atoms with Crippen LogP contribution in [0.1, 0.15) is 5.56 Å². The molecule has 0 amide bonds. The molecule has 2 N–H and O–H groups in total. The zero-order chi connectivity index (χ0) is 8.43. The summed E-state index contributed by atoms with van der Waals surface area (Å²) in [6.07, 6.45) is 1.71. The minimum Gasteiger partial charge on any atom is -0.326 e. The van der Waals surface area contributed by atoms with Gasteiger partial charge in [0.2, 0.25) is 0 Å². The number of aryl methyl sites for hydroxylation is 1. The molecular formula is C7H9BrN2O. The maximum atomic E-state index is 11.2. The number of nitrogens with zero attached hydrogens (tertiary/aromatic N) is 1. The summed E-state index contributed by atoms with van der Waals surface area (Å²) in [5, 5.41) is 0. The van der Waals surface area contributed by atoms with Gasteiger partial charge in [-0.2, -0.15) is 0 Å². The first kappa shape index (κ1) is 8.49. The van der Waals surface area contributed by atoms with E-state index in [-0.39, 0.29) is 12.1 Å². The second-order valence-corrected chi connectivity index (χ2v) is 3.22. The third-order valence-electron chi connectivity index (χ3n) is 1.44. The molecule has 4 heteroatoms. The Labute approximate surface area is 73.0 Å². The van der Waals surface area contributed by atoms with Crippen LogP contribution in [0.2, 0.25) is 0 Å². The van der Waals surface area contributed by atoms with Crippen LogP contribution in [0.25, 0.3) is 0 Å². The van der Waals surface area contributed by atoms with Gasteiger partial charge < -0.3 is 10.3 Å². The molecule has 1 aromatic rings. The second-order valence-electron chi connectivity index (χ2n) is 2.30. The van der Waals surface area contributed by atoms with Gasteiger partial charge in [0.25, 0.3) is 5.56 Å². The average molecular weight is 217 g/mol. The van der Waals surface area contributed by atoms with Crippen LogP contribution in [-0.4, -0.2) is 4.57 Å². The quantitative estimate of drug-likeness (QED) is 0.748. The van der Waals surface area contributed by atoms with Gasteiger partial charge in [0.1, 0.15) is 0 Å². The van der Waals surface area contributed by atoms with E-state index in [1.807, 2.05) is 0 Å². The van der Waals surface area contributed by atoms with E-state index in [9.17, 15) is 4.79 Å². The molecule has 1 aromatic heterocycles. The number of rotatable bonds is 1. The van der Waals surface area contributed by atoms with Gasteiger partial charge in [0, 0.05) is 29.8 Å². The summed E-state index contributed by atoms with van der Waals surface area (Å²) in [4.78, 5) is 11.2. The lowest BCUT2D eigenvalue weighted by Gasteiger charge is -2.01. The molecule has 0 spiro atoms. The molecule has 0 aromatic carbocycles. The van der Waals surface area contributed by atoms with Gasteiger partial charge in [-0.05, 0) is 22.0 Å². The van der Waals surface area contributed by atoms with E-state index in [0.717, 1.165) is 4.47 Å². The number of hydrogen-bond acceptors (Lipinski definition) is 2. The topological polar surface area (TPSA) is 48.0 Å². The maximum absolute atomic E-state index is 11.2. The minimum absolute atomic E-state index is 0.0318. The van der Waals surface area contributed by atoms with Crippen molar-refractivity contribution in [2.75, 3.05) is 0 Å². The third kappa shape index (κ3) is 1.70. The van der Waals surface area contributed by atoms with Crippen molar-refractivity contribution in [3.63, 3.8) is 0 Å². The summed E-state index contributed by atoms with van der Waals surface area (Å²) in [5.74, 6) is 0. The minimum atomic E-state index is -0.0318. The number of aromatic nitrogens is 1. The Bertz CT molecular complexity index is 319. The van der Waals surface area contributed by atoms with Crippen molar-refractivity contribution in [1.82, 2.24) is 4.57 Å². The van der Waals surface area contributed by atoms with Crippen LogP contribution >= 0.6 is 15.9 Å². The number of pyridine rings is 1. The highest BCUT2D eigenvalue weighted by Gasteiger charge is 1.99. The summed E-state index contributed by atoms with van der Waals surface area (Å²) in [7, 11) is 1.70. The van der Waals surface area contributed by atoms with Gasteiger partial charge >= 0.3 is 0 Å². The largest absolute Gasteiger partial charge is 0.326 e. The van der Waals surface area contributed by atoms with Gasteiger partial charge in [-0.1, -0.05) is 0 Å². The SMILES string of the molecule is Cn1cc(Br)cc(CN)c1=O. The summed E-state index contributed by atoms with van der Waals surface area (Å²) in [5.41, 5.74) is 5.95. The van der Waals surface area contributed by atoms with Crippen molar-refractivity contribution < 1.29 is 0 Å². The fraction of sp³-hybridized carbons (Fsp3) is 0.286. The summed E-state index contributed by atoms with van der Waals surface area (Å²) in [6, 6.07) is 1.74. The fourth-order valence-electron chi connectivity index (χ4n) is 0.882. The Morgan fingerprint density at radius 3 is 2.91 bits per heavy atom. The van der Waals surface area contributed by atoms with E-state index < -0.39 is 0 Å². The molecule has 1 rings (SSSR count). The second kappa shape index (κ2) is 3.19. The first-order valence-corrected chi connectivity index (χ1v) is 3.99. The summed E-state index contributed by atoms with van der Waals surface area (Å²) < 4.78 is 2.38. The average Bonchev–Trinajstić information content (AvgIpc) is 1.96. The van der Waals surface area contributed by atoms with Crippen LogP contribution in [0.3, 0.4) is 0 Å². The molecule has 0 saturated heterocycles. The van der Waals surface area contributed by atoms with Crippen LogP contribution < -0.4 is 11.3 Å². The molecule has 60 valence electrons. The third-order valence-corrected chi connectivity index (χ3v) is 1.88. The first-order chi connectivity index (χ1) is 5.15. The number of nitrogens with two attached hydrogens (primary N) is 1. The van der Waals surface area contributed by atoms with Crippen LogP contribution in [0, 0.1) is 0 Å². The molecule has 0 bridgehead atoms. The van der Waals surface area contributed by atoms with E-state index in [2.05, 4.69) is 15.9 Å². The lowest BCUT2D eigenvalue weighted by molar-refractivity contribution is 0.825. The van der Waals surface area contributed by atoms with Crippen LogP contribution in [-0.2, 0) is 13.6 Å². The molecule has 3 nitrogen and oxygen atoms in total. The zero-order valence-corrected chi connectivity index (χ0v) is 7.76. The van der Waals surface area contributed by atoms with Crippen LogP contribution in [0.5, 0.6) is 0 Å². The highest BCUT2D eigenvalue weighted by Crippen LogP contribution is 2.07. The van der Waals surface area contributed by atoms with Crippen molar-refractivity contribution in [1.29, 1.82) is 0 Å². The van der Waals surface area contributed by atoms with Gasteiger partial charge in [-0.25, -0.2) is 0 Å². The predicted molar refractivity (Wildman–Crippen MR) is 47.3 cm³/mol. The summed E-state index contributed by atoms with van der Waals surface area (Å²) >= 11 is 3.27. The van der Waals surface area contributed by atoms with Crippen molar-refractivity contribution in [3.05, 3.63) is 32.7 Å². The maximum Gasteiger partial charge on any atom is 0.254 e. The highest BCUT2D eigenvalue weighted by atomic mass is 79.9. The molecule has 0 aliphatic carbocycles.